The summed E-state index contributed by atoms with van der Waals surface area (Å²) in [5.74, 6) is 1.18. The number of hydrogen-bond donors (Lipinski definition) is 0. The Kier molecular flexibility index (Phi) is 4.08. The zero-order valence-electron chi connectivity index (χ0n) is 12.2. The fourth-order valence-electron chi connectivity index (χ4n) is 2.16. The highest BCUT2D eigenvalue weighted by Crippen LogP contribution is 2.29. The molecule has 0 N–H and O–H groups in total. The lowest BCUT2D eigenvalue weighted by Crippen LogP contribution is -2.02. The van der Waals surface area contributed by atoms with Gasteiger partial charge < -0.3 is 9.47 Å². The molecule has 20 heavy (non-hydrogen) atoms. The van der Waals surface area contributed by atoms with E-state index in [-0.39, 0.29) is 5.97 Å². The molecule has 0 aliphatic carbocycles. The van der Waals surface area contributed by atoms with Crippen molar-refractivity contribution in [1.82, 2.24) is 0 Å². The second-order valence-electron chi connectivity index (χ2n) is 4.76. The van der Waals surface area contributed by atoms with E-state index in [0.29, 0.717) is 5.75 Å². The second kappa shape index (κ2) is 5.78. The molecule has 2 aromatic carbocycles. The van der Waals surface area contributed by atoms with Gasteiger partial charge in [0.1, 0.15) is 11.5 Å². The molecule has 0 unspecified atom stereocenters. The first kappa shape index (κ1) is 14.1. The number of carbonyl (C=O) groups excluding carboxylic acids is 1. The van der Waals surface area contributed by atoms with Crippen molar-refractivity contribution in [2.75, 3.05) is 7.11 Å². The number of methoxy groups -OCH3 is 1. The molecule has 0 heterocycles. The number of rotatable bonds is 3. The van der Waals surface area contributed by atoms with E-state index in [1.165, 1.54) is 6.92 Å². The summed E-state index contributed by atoms with van der Waals surface area (Å²) in [6.07, 6.45) is 0. The van der Waals surface area contributed by atoms with E-state index in [9.17, 15) is 4.79 Å². The predicted octanol–water partition coefficient (Wildman–Crippen LogP) is 3.90. The number of ether oxygens (including phenoxy) is 2. The maximum Gasteiger partial charge on any atom is 0.308 e. The van der Waals surface area contributed by atoms with Crippen LogP contribution in [-0.2, 0) is 4.79 Å². The van der Waals surface area contributed by atoms with Gasteiger partial charge in [-0.15, -0.1) is 0 Å². The van der Waals surface area contributed by atoms with Crippen LogP contribution in [0.2, 0.25) is 0 Å². The number of esters is 1. The molecular formula is C17H18O3. The van der Waals surface area contributed by atoms with Crippen molar-refractivity contribution in [2.45, 2.75) is 20.8 Å². The van der Waals surface area contributed by atoms with E-state index >= 15 is 0 Å². The van der Waals surface area contributed by atoms with Gasteiger partial charge in [-0.3, -0.25) is 4.79 Å². The van der Waals surface area contributed by atoms with Gasteiger partial charge in [-0.25, -0.2) is 0 Å². The SMILES string of the molecule is COc1ccc(-c2ccc(OC(C)=O)c(C)c2)cc1C. The Labute approximate surface area is 119 Å². The molecular weight excluding hydrogens is 252 g/mol. The number of hydrogen-bond acceptors (Lipinski definition) is 3. The average molecular weight is 270 g/mol. The molecule has 0 atom stereocenters. The summed E-state index contributed by atoms with van der Waals surface area (Å²) in [6, 6.07) is 11.9. The molecule has 0 aromatic heterocycles. The quantitative estimate of drug-likeness (QED) is 0.626. The van der Waals surface area contributed by atoms with E-state index in [4.69, 9.17) is 9.47 Å². The smallest absolute Gasteiger partial charge is 0.308 e. The van der Waals surface area contributed by atoms with Gasteiger partial charge in [-0.1, -0.05) is 12.1 Å². The summed E-state index contributed by atoms with van der Waals surface area (Å²) in [5, 5.41) is 0. The molecule has 0 bridgehead atoms. The standard InChI is InChI=1S/C17H18O3/c1-11-9-14(5-7-16(11)19-4)15-6-8-17(12(2)10-15)20-13(3)18/h5-10H,1-4H3. The molecule has 0 spiro atoms. The van der Waals surface area contributed by atoms with Crippen LogP contribution in [-0.4, -0.2) is 13.1 Å². The third-order valence-electron chi connectivity index (χ3n) is 3.16. The summed E-state index contributed by atoms with van der Waals surface area (Å²) in [7, 11) is 1.67. The summed E-state index contributed by atoms with van der Waals surface area (Å²) in [5.41, 5.74) is 4.22. The van der Waals surface area contributed by atoms with Crippen molar-refractivity contribution < 1.29 is 14.3 Å². The minimum absolute atomic E-state index is 0.304. The molecule has 0 aliphatic rings. The fourth-order valence-corrected chi connectivity index (χ4v) is 2.16. The summed E-state index contributed by atoms with van der Waals surface area (Å²) in [4.78, 5) is 11.0. The van der Waals surface area contributed by atoms with Crippen LogP contribution in [0.1, 0.15) is 18.1 Å². The molecule has 3 heteroatoms. The van der Waals surface area contributed by atoms with E-state index in [2.05, 4.69) is 6.07 Å². The van der Waals surface area contributed by atoms with Crippen molar-refractivity contribution in [1.29, 1.82) is 0 Å². The summed E-state index contributed by atoms with van der Waals surface area (Å²) < 4.78 is 10.4. The van der Waals surface area contributed by atoms with Crippen LogP contribution in [0.15, 0.2) is 36.4 Å². The minimum atomic E-state index is -0.304. The molecule has 2 aromatic rings. The van der Waals surface area contributed by atoms with Gasteiger partial charge in [0.2, 0.25) is 0 Å². The summed E-state index contributed by atoms with van der Waals surface area (Å²) >= 11 is 0. The normalized spacial score (nSPS) is 10.2. The molecule has 0 radical (unpaired) electrons. The van der Waals surface area contributed by atoms with Crippen molar-refractivity contribution in [3.8, 4) is 22.6 Å². The Morgan fingerprint density at radius 1 is 0.900 bits per heavy atom. The van der Waals surface area contributed by atoms with Gasteiger partial charge in [0, 0.05) is 6.92 Å². The first-order chi connectivity index (χ1) is 9.51. The number of carbonyl (C=O) groups is 1. The first-order valence-electron chi connectivity index (χ1n) is 6.45. The lowest BCUT2D eigenvalue weighted by molar-refractivity contribution is -0.131. The fraction of sp³-hybridized carbons (Fsp3) is 0.235. The molecule has 2 rings (SSSR count). The van der Waals surface area contributed by atoms with E-state index in [0.717, 1.165) is 28.0 Å². The second-order valence-corrected chi connectivity index (χ2v) is 4.76. The van der Waals surface area contributed by atoms with Gasteiger partial charge in [0.15, 0.2) is 0 Å². The molecule has 0 fully saturated rings. The monoisotopic (exact) mass is 270 g/mol. The third-order valence-corrected chi connectivity index (χ3v) is 3.16. The first-order valence-corrected chi connectivity index (χ1v) is 6.45. The zero-order valence-corrected chi connectivity index (χ0v) is 12.2. The predicted molar refractivity (Wildman–Crippen MR) is 79.2 cm³/mol. The average Bonchev–Trinajstić information content (AvgIpc) is 2.40. The van der Waals surface area contributed by atoms with Gasteiger partial charge >= 0.3 is 5.97 Å². The highest BCUT2D eigenvalue weighted by Gasteiger charge is 2.07. The molecule has 0 saturated heterocycles. The topological polar surface area (TPSA) is 35.5 Å². The Morgan fingerprint density at radius 3 is 1.80 bits per heavy atom. The Balaban J connectivity index is 2.36. The highest BCUT2D eigenvalue weighted by molar-refractivity contribution is 5.72. The van der Waals surface area contributed by atoms with Crippen LogP contribution in [0.4, 0.5) is 0 Å². The lowest BCUT2D eigenvalue weighted by Gasteiger charge is -2.10. The van der Waals surface area contributed by atoms with E-state index in [1.54, 1.807) is 7.11 Å². The lowest BCUT2D eigenvalue weighted by atomic mass is 10.0. The highest BCUT2D eigenvalue weighted by atomic mass is 16.5. The number of aryl methyl sites for hydroxylation is 2. The van der Waals surface area contributed by atoms with Crippen molar-refractivity contribution in [3.63, 3.8) is 0 Å². The molecule has 3 nitrogen and oxygen atoms in total. The van der Waals surface area contributed by atoms with Crippen LogP contribution in [0.25, 0.3) is 11.1 Å². The Morgan fingerprint density at radius 2 is 1.40 bits per heavy atom. The van der Waals surface area contributed by atoms with E-state index in [1.807, 2.05) is 44.2 Å². The van der Waals surface area contributed by atoms with Gasteiger partial charge in [0.25, 0.3) is 0 Å². The Hall–Kier alpha value is -2.29. The minimum Gasteiger partial charge on any atom is -0.496 e. The zero-order chi connectivity index (χ0) is 14.7. The van der Waals surface area contributed by atoms with Crippen LogP contribution < -0.4 is 9.47 Å². The maximum absolute atomic E-state index is 11.0. The molecule has 0 amide bonds. The maximum atomic E-state index is 11.0. The van der Waals surface area contributed by atoms with Crippen LogP contribution in [0, 0.1) is 13.8 Å². The van der Waals surface area contributed by atoms with Crippen LogP contribution in [0.3, 0.4) is 0 Å². The van der Waals surface area contributed by atoms with Gasteiger partial charge in [-0.05, 0) is 60.4 Å². The third kappa shape index (κ3) is 2.99. The largest absolute Gasteiger partial charge is 0.496 e. The van der Waals surface area contributed by atoms with E-state index < -0.39 is 0 Å². The van der Waals surface area contributed by atoms with Crippen molar-refractivity contribution >= 4 is 5.97 Å². The van der Waals surface area contributed by atoms with Crippen LogP contribution in [0.5, 0.6) is 11.5 Å². The van der Waals surface area contributed by atoms with Gasteiger partial charge in [-0.2, -0.15) is 0 Å². The van der Waals surface area contributed by atoms with Crippen LogP contribution >= 0.6 is 0 Å². The summed E-state index contributed by atoms with van der Waals surface area (Å²) in [6.45, 7) is 5.35. The Bertz CT molecular complexity index is 645. The van der Waals surface area contributed by atoms with Crippen molar-refractivity contribution in [2.24, 2.45) is 0 Å². The number of benzene rings is 2. The van der Waals surface area contributed by atoms with Gasteiger partial charge in [0.05, 0.1) is 7.11 Å². The molecule has 104 valence electrons. The van der Waals surface area contributed by atoms with Crippen molar-refractivity contribution in [3.05, 3.63) is 47.5 Å². The molecule has 0 saturated carbocycles. The molecule has 0 aliphatic heterocycles.